The number of pyridine rings is 1. The fourth-order valence-corrected chi connectivity index (χ4v) is 2.13. The van der Waals surface area contributed by atoms with Crippen molar-refractivity contribution in [1.82, 2.24) is 4.98 Å². The van der Waals surface area contributed by atoms with Crippen LogP contribution in [0.25, 0.3) is 10.9 Å². The molecular formula is C12H12BrNO. The quantitative estimate of drug-likeness (QED) is 0.903. The standard InChI is InChI=1S/C12H12BrNO/c1-2-11(15)12-9(13)7-8-5-3-4-6-10(8)14-12/h3-7,11,15H,2H2,1H3/t11-/m0/s1. The Morgan fingerprint density at radius 2 is 2.13 bits per heavy atom. The Morgan fingerprint density at radius 1 is 1.40 bits per heavy atom. The molecule has 0 saturated heterocycles. The lowest BCUT2D eigenvalue weighted by atomic mass is 10.1. The summed E-state index contributed by atoms with van der Waals surface area (Å²) in [5.74, 6) is 0. The van der Waals surface area contributed by atoms with Crippen LogP contribution in [0.1, 0.15) is 25.1 Å². The summed E-state index contributed by atoms with van der Waals surface area (Å²) in [5.41, 5.74) is 1.64. The first-order chi connectivity index (χ1) is 7.22. The summed E-state index contributed by atoms with van der Waals surface area (Å²) in [6.07, 6.45) is 0.174. The Bertz CT molecular complexity index is 484. The smallest absolute Gasteiger partial charge is 0.0968 e. The average molecular weight is 266 g/mol. The molecule has 0 aliphatic carbocycles. The van der Waals surface area contributed by atoms with E-state index < -0.39 is 6.10 Å². The van der Waals surface area contributed by atoms with Crippen LogP contribution in [0.15, 0.2) is 34.8 Å². The van der Waals surface area contributed by atoms with Crippen molar-refractivity contribution in [1.29, 1.82) is 0 Å². The van der Waals surface area contributed by atoms with E-state index in [-0.39, 0.29) is 0 Å². The van der Waals surface area contributed by atoms with Gasteiger partial charge in [0.2, 0.25) is 0 Å². The SMILES string of the molecule is CC[C@H](O)c1nc2ccccc2cc1Br. The highest BCUT2D eigenvalue weighted by Gasteiger charge is 2.11. The maximum Gasteiger partial charge on any atom is 0.0968 e. The molecule has 0 amide bonds. The molecule has 0 aliphatic heterocycles. The van der Waals surface area contributed by atoms with Crippen LogP contribution in [-0.2, 0) is 0 Å². The summed E-state index contributed by atoms with van der Waals surface area (Å²) in [6, 6.07) is 9.89. The maximum absolute atomic E-state index is 9.78. The summed E-state index contributed by atoms with van der Waals surface area (Å²) in [6.45, 7) is 1.94. The Kier molecular flexibility index (Phi) is 3.03. The number of fused-ring (bicyclic) bond motifs is 1. The molecule has 15 heavy (non-hydrogen) atoms. The Morgan fingerprint density at radius 3 is 2.87 bits per heavy atom. The van der Waals surface area contributed by atoms with Crippen LogP contribution >= 0.6 is 15.9 Å². The van der Waals surface area contributed by atoms with Crippen LogP contribution in [0.4, 0.5) is 0 Å². The van der Waals surface area contributed by atoms with Crippen LogP contribution < -0.4 is 0 Å². The molecule has 2 rings (SSSR count). The molecule has 2 aromatic rings. The van der Waals surface area contributed by atoms with Crippen molar-refractivity contribution in [2.45, 2.75) is 19.4 Å². The summed E-state index contributed by atoms with van der Waals surface area (Å²) < 4.78 is 0.871. The minimum atomic E-state index is -0.496. The van der Waals surface area contributed by atoms with E-state index in [1.807, 2.05) is 37.3 Å². The van der Waals surface area contributed by atoms with E-state index in [0.717, 1.165) is 21.1 Å². The Hall–Kier alpha value is -0.930. The zero-order valence-corrected chi connectivity index (χ0v) is 10.0. The number of benzene rings is 1. The molecule has 0 saturated carbocycles. The van der Waals surface area contributed by atoms with Gasteiger partial charge in [0.25, 0.3) is 0 Å². The second-order valence-corrected chi connectivity index (χ2v) is 4.33. The molecule has 2 nitrogen and oxygen atoms in total. The van der Waals surface area contributed by atoms with Crippen molar-refractivity contribution in [3.8, 4) is 0 Å². The van der Waals surface area contributed by atoms with E-state index >= 15 is 0 Å². The van der Waals surface area contributed by atoms with Crippen molar-refractivity contribution < 1.29 is 5.11 Å². The molecule has 0 spiro atoms. The second kappa shape index (κ2) is 4.29. The largest absolute Gasteiger partial charge is 0.387 e. The number of hydrogen-bond donors (Lipinski definition) is 1. The van der Waals surface area contributed by atoms with Crippen molar-refractivity contribution in [3.63, 3.8) is 0 Å². The summed E-state index contributed by atoms with van der Waals surface area (Å²) in [4.78, 5) is 4.45. The summed E-state index contributed by atoms with van der Waals surface area (Å²) >= 11 is 3.44. The minimum absolute atomic E-state index is 0.496. The molecule has 78 valence electrons. The first kappa shape index (κ1) is 10.6. The Balaban J connectivity index is 2.61. The molecule has 0 unspecified atom stereocenters. The molecular weight excluding hydrogens is 254 g/mol. The van der Waals surface area contributed by atoms with Crippen molar-refractivity contribution in [2.24, 2.45) is 0 Å². The van der Waals surface area contributed by atoms with Crippen LogP contribution in [0.2, 0.25) is 0 Å². The van der Waals surface area contributed by atoms with Crippen LogP contribution in [-0.4, -0.2) is 10.1 Å². The van der Waals surface area contributed by atoms with Gasteiger partial charge in [0, 0.05) is 9.86 Å². The third-order valence-corrected chi connectivity index (χ3v) is 3.04. The molecule has 3 heteroatoms. The predicted octanol–water partition coefficient (Wildman–Crippen LogP) is 3.44. The summed E-state index contributed by atoms with van der Waals surface area (Å²) in [7, 11) is 0. The third kappa shape index (κ3) is 2.03. The zero-order chi connectivity index (χ0) is 10.8. The van der Waals surface area contributed by atoms with Gasteiger partial charge in [-0.05, 0) is 34.5 Å². The van der Waals surface area contributed by atoms with Gasteiger partial charge in [-0.1, -0.05) is 25.1 Å². The van der Waals surface area contributed by atoms with Gasteiger partial charge in [0.15, 0.2) is 0 Å². The van der Waals surface area contributed by atoms with Gasteiger partial charge in [-0.2, -0.15) is 0 Å². The van der Waals surface area contributed by atoms with E-state index in [4.69, 9.17) is 0 Å². The number of aliphatic hydroxyl groups is 1. The zero-order valence-electron chi connectivity index (χ0n) is 8.44. The number of hydrogen-bond acceptors (Lipinski definition) is 2. The number of aliphatic hydroxyl groups excluding tert-OH is 1. The van der Waals surface area contributed by atoms with E-state index in [9.17, 15) is 5.11 Å². The second-order valence-electron chi connectivity index (χ2n) is 3.47. The van der Waals surface area contributed by atoms with E-state index in [1.165, 1.54) is 0 Å². The van der Waals surface area contributed by atoms with Gasteiger partial charge in [0.05, 0.1) is 17.3 Å². The third-order valence-electron chi connectivity index (χ3n) is 2.41. The molecule has 1 aromatic carbocycles. The van der Waals surface area contributed by atoms with Crippen molar-refractivity contribution >= 4 is 26.8 Å². The molecule has 1 N–H and O–H groups in total. The molecule has 1 aromatic heterocycles. The van der Waals surface area contributed by atoms with Gasteiger partial charge >= 0.3 is 0 Å². The van der Waals surface area contributed by atoms with Crippen molar-refractivity contribution in [2.75, 3.05) is 0 Å². The normalized spacial score (nSPS) is 13.0. The highest BCUT2D eigenvalue weighted by atomic mass is 79.9. The van der Waals surface area contributed by atoms with Gasteiger partial charge in [-0.25, -0.2) is 4.98 Å². The Labute approximate surface area is 97.1 Å². The van der Waals surface area contributed by atoms with Crippen LogP contribution in [0.5, 0.6) is 0 Å². The van der Waals surface area contributed by atoms with E-state index in [1.54, 1.807) is 0 Å². The van der Waals surface area contributed by atoms with Gasteiger partial charge < -0.3 is 5.11 Å². The first-order valence-electron chi connectivity index (χ1n) is 4.95. The maximum atomic E-state index is 9.78. The van der Waals surface area contributed by atoms with Crippen LogP contribution in [0, 0.1) is 0 Å². The fourth-order valence-electron chi connectivity index (χ4n) is 1.53. The minimum Gasteiger partial charge on any atom is -0.387 e. The number of rotatable bonds is 2. The molecule has 0 fully saturated rings. The first-order valence-corrected chi connectivity index (χ1v) is 5.75. The van der Waals surface area contributed by atoms with Gasteiger partial charge in [-0.15, -0.1) is 0 Å². The molecule has 1 heterocycles. The molecule has 0 aliphatic rings. The lowest BCUT2D eigenvalue weighted by molar-refractivity contribution is 0.168. The number of para-hydroxylation sites is 1. The fraction of sp³-hybridized carbons (Fsp3) is 0.250. The monoisotopic (exact) mass is 265 g/mol. The molecule has 0 radical (unpaired) electrons. The van der Waals surface area contributed by atoms with Crippen molar-refractivity contribution in [3.05, 3.63) is 40.5 Å². The number of nitrogens with zero attached hydrogens (tertiary/aromatic N) is 1. The van der Waals surface area contributed by atoms with E-state index in [0.29, 0.717) is 6.42 Å². The highest BCUT2D eigenvalue weighted by Crippen LogP contribution is 2.27. The number of aromatic nitrogens is 1. The summed E-state index contributed by atoms with van der Waals surface area (Å²) in [5, 5.41) is 10.9. The van der Waals surface area contributed by atoms with Crippen LogP contribution in [0.3, 0.4) is 0 Å². The lowest BCUT2D eigenvalue weighted by Crippen LogP contribution is -2.00. The van der Waals surface area contributed by atoms with Gasteiger partial charge in [0.1, 0.15) is 0 Å². The lowest BCUT2D eigenvalue weighted by Gasteiger charge is -2.10. The number of halogens is 1. The molecule has 1 atom stereocenters. The average Bonchev–Trinajstić information content (AvgIpc) is 2.27. The highest BCUT2D eigenvalue weighted by molar-refractivity contribution is 9.10. The molecule has 0 bridgehead atoms. The van der Waals surface area contributed by atoms with E-state index in [2.05, 4.69) is 20.9 Å². The topological polar surface area (TPSA) is 33.1 Å². The predicted molar refractivity (Wildman–Crippen MR) is 64.7 cm³/mol. The van der Waals surface area contributed by atoms with Gasteiger partial charge in [-0.3, -0.25) is 0 Å².